The molecular formula is C26H35FN6O2. The van der Waals surface area contributed by atoms with E-state index in [9.17, 15) is 14.0 Å². The highest BCUT2D eigenvalue weighted by Gasteiger charge is 2.21. The Morgan fingerprint density at radius 1 is 1.17 bits per heavy atom. The first-order chi connectivity index (χ1) is 16.8. The van der Waals surface area contributed by atoms with Crippen LogP contribution in [0.2, 0.25) is 0 Å². The molecule has 9 heteroatoms. The van der Waals surface area contributed by atoms with Crippen molar-refractivity contribution >= 4 is 16.9 Å². The van der Waals surface area contributed by atoms with Crippen LogP contribution < -0.4 is 10.9 Å². The van der Waals surface area contributed by atoms with Gasteiger partial charge in [0.05, 0.1) is 11.4 Å². The normalized spacial score (nSPS) is 15.1. The molecule has 3 heterocycles. The van der Waals surface area contributed by atoms with Gasteiger partial charge in [0.15, 0.2) is 0 Å². The molecule has 3 aromatic rings. The molecule has 0 spiro atoms. The summed E-state index contributed by atoms with van der Waals surface area (Å²) in [5.41, 5.74) is 3.33. The summed E-state index contributed by atoms with van der Waals surface area (Å²) in [4.78, 5) is 30.7. The molecule has 0 unspecified atom stereocenters. The number of aromatic nitrogens is 3. The monoisotopic (exact) mass is 482 g/mol. The molecule has 0 radical (unpaired) electrons. The fourth-order valence-electron chi connectivity index (χ4n) is 4.90. The number of aryl methyl sites for hydroxylation is 3. The fraction of sp³-hybridized carbons (Fsp3) is 0.500. The van der Waals surface area contributed by atoms with Crippen LogP contribution in [0.3, 0.4) is 0 Å². The molecule has 1 N–H and O–H groups in total. The van der Waals surface area contributed by atoms with Crippen LogP contribution in [-0.4, -0.2) is 76.4 Å². The average Bonchev–Trinajstić information content (AvgIpc) is 3.17. The maximum atomic E-state index is 13.9. The Kier molecular flexibility index (Phi) is 7.66. The van der Waals surface area contributed by atoms with Crippen LogP contribution >= 0.6 is 0 Å². The predicted molar refractivity (Wildman–Crippen MR) is 136 cm³/mol. The number of hydrogen-bond acceptors (Lipinski definition) is 5. The highest BCUT2D eigenvalue weighted by Crippen LogP contribution is 2.26. The molecule has 2 aromatic heterocycles. The number of likely N-dealkylation sites (N-methyl/N-ethyl adjacent to an activating group) is 1. The summed E-state index contributed by atoms with van der Waals surface area (Å²) in [6.07, 6.45) is 0.622. The van der Waals surface area contributed by atoms with E-state index in [4.69, 9.17) is 0 Å². The number of nitrogens with zero attached hydrogens (tertiary/aromatic N) is 5. The lowest BCUT2D eigenvalue weighted by Gasteiger charge is -2.32. The molecule has 4 rings (SSSR count). The van der Waals surface area contributed by atoms with E-state index in [1.54, 1.807) is 21.4 Å². The van der Waals surface area contributed by atoms with Crippen molar-refractivity contribution in [1.29, 1.82) is 0 Å². The van der Waals surface area contributed by atoms with Gasteiger partial charge in [-0.15, -0.1) is 0 Å². The Hall–Kier alpha value is -3.04. The molecule has 0 atom stereocenters. The van der Waals surface area contributed by atoms with Gasteiger partial charge in [-0.05, 0) is 58.0 Å². The van der Waals surface area contributed by atoms with Gasteiger partial charge in [0, 0.05) is 63.2 Å². The highest BCUT2D eigenvalue weighted by atomic mass is 19.1. The molecule has 1 amide bonds. The van der Waals surface area contributed by atoms with Crippen LogP contribution in [0.25, 0.3) is 16.7 Å². The zero-order valence-corrected chi connectivity index (χ0v) is 21.1. The summed E-state index contributed by atoms with van der Waals surface area (Å²) in [6.45, 7) is 11.7. The maximum Gasteiger partial charge on any atom is 0.255 e. The number of hydrogen-bond donors (Lipinski definition) is 1. The number of carbonyl (C=O) groups excluding carboxylic acids is 1. The number of carbonyl (C=O) groups is 1. The summed E-state index contributed by atoms with van der Waals surface area (Å²) in [7, 11) is 2.12. The van der Waals surface area contributed by atoms with Crippen molar-refractivity contribution in [3.8, 4) is 5.69 Å². The second kappa shape index (κ2) is 10.7. The number of amides is 1. The van der Waals surface area contributed by atoms with Gasteiger partial charge in [-0.2, -0.15) is 5.10 Å². The van der Waals surface area contributed by atoms with Crippen LogP contribution in [0, 0.1) is 19.7 Å². The molecule has 1 aromatic carbocycles. The Bertz CT molecular complexity index is 1270. The number of fused-ring (bicyclic) bond motifs is 1. The Labute approximate surface area is 205 Å². The van der Waals surface area contributed by atoms with E-state index < -0.39 is 0 Å². The largest absolute Gasteiger partial charge is 0.355 e. The van der Waals surface area contributed by atoms with Gasteiger partial charge in [-0.25, -0.2) is 9.07 Å². The van der Waals surface area contributed by atoms with Crippen LogP contribution in [0.1, 0.15) is 30.2 Å². The standard InChI is InChI=1S/C26H35FN6O2/c1-5-32-25-24(19(3)29-33(25)21-8-6-7-20(27)17-21)18(2)22(26(32)35)9-10-23(34)28-11-12-31-15-13-30(4)14-16-31/h6-8,17H,5,9-16H2,1-4H3,(H,28,34). The number of halogens is 1. The van der Waals surface area contributed by atoms with Gasteiger partial charge in [-0.1, -0.05) is 6.07 Å². The number of benzene rings is 1. The summed E-state index contributed by atoms with van der Waals surface area (Å²) in [5, 5.41) is 8.52. The number of piperazine rings is 1. The Morgan fingerprint density at radius 2 is 1.91 bits per heavy atom. The van der Waals surface area contributed by atoms with Crippen molar-refractivity contribution in [2.24, 2.45) is 0 Å². The van der Waals surface area contributed by atoms with E-state index in [1.165, 1.54) is 12.1 Å². The zero-order valence-electron chi connectivity index (χ0n) is 21.1. The summed E-state index contributed by atoms with van der Waals surface area (Å²) in [6, 6.07) is 6.20. The topological polar surface area (TPSA) is 75.4 Å². The van der Waals surface area contributed by atoms with E-state index in [-0.39, 0.29) is 23.7 Å². The van der Waals surface area contributed by atoms with Crippen LogP contribution in [0.5, 0.6) is 0 Å². The number of nitrogens with one attached hydrogen (secondary N) is 1. The summed E-state index contributed by atoms with van der Waals surface area (Å²) in [5.74, 6) is -0.408. The lowest BCUT2D eigenvalue weighted by Crippen LogP contribution is -2.46. The van der Waals surface area contributed by atoms with Crippen molar-refractivity contribution in [1.82, 2.24) is 29.5 Å². The van der Waals surface area contributed by atoms with Gasteiger partial charge in [-0.3, -0.25) is 19.1 Å². The van der Waals surface area contributed by atoms with E-state index >= 15 is 0 Å². The summed E-state index contributed by atoms with van der Waals surface area (Å²) >= 11 is 0. The molecule has 1 aliphatic rings. The van der Waals surface area contributed by atoms with Crippen molar-refractivity contribution < 1.29 is 9.18 Å². The van der Waals surface area contributed by atoms with Gasteiger partial charge < -0.3 is 10.2 Å². The first kappa shape index (κ1) is 25.1. The molecule has 35 heavy (non-hydrogen) atoms. The van der Waals surface area contributed by atoms with Crippen LogP contribution in [0.15, 0.2) is 29.1 Å². The van der Waals surface area contributed by atoms with Crippen molar-refractivity contribution in [3.63, 3.8) is 0 Å². The number of pyridine rings is 1. The molecular weight excluding hydrogens is 447 g/mol. The quantitative estimate of drug-likeness (QED) is 0.533. The highest BCUT2D eigenvalue weighted by molar-refractivity contribution is 5.85. The lowest BCUT2D eigenvalue weighted by atomic mass is 10.0. The average molecular weight is 483 g/mol. The minimum absolute atomic E-state index is 0.0479. The minimum atomic E-state index is -0.360. The molecule has 188 valence electrons. The zero-order chi connectivity index (χ0) is 25.1. The molecule has 0 aliphatic carbocycles. The number of rotatable bonds is 8. The smallest absolute Gasteiger partial charge is 0.255 e. The second-order valence-electron chi connectivity index (χ2n) is 9.32. The summed E-state index contributed by atoms with van der Waals surface area (Å²) < 4.78 is 17.2. The van der Waals surface area contributed by atoms with E-state index in [0.29, 0.717) is 36.4 Å². The van der Waals surface area contributed by atoms with Gasteiger partial charge >= 0.3 is 0 Å². The second-order valence-corrected chi connectivity index (χ2v) is 9.32. The maximum absolute atomic E-state index is 13.9. The third-order valence-corrected chi connectivity index (χ3v) is 6.94. The Morgan fingerprint density at radius 3 is 2.60 bits per heavy atom. The molecule has 0 saturated carbocycles. The van der Waals surface area contributed by atoms with E-state index in [1.807, 2.05) is 20.8 Å². The first-order valence-electron chi connectivity index (χ1n) is 12.3. The lowest BCUT2D eigenvalue weighted by molar-refractivity contribution is -0.121. The SMILES string of the molecule is CCn1c(=O)c(CCC(=O)NCCN2CCN(C)CC2)c(C)c2c(C)nn(-c3cccc(F)c3)c21. The third kappa shape index (κ3) is 5.31. The van der Waals surface area contributed by atoms with Gasteiger partial charge in [0.25, 0.3) is 5.56 Å². The van der Waals surface area contributed by atoms with Crippen LogP contribution in [-0.2, 0) is 17.8 Å². The minimum Gasteiger partial charge on any atom is -0.355 e. The van der Waals surface area contributed by atoms with Crippen molar-refractivity contribution in [2.45, 2.75) is 40.2 Å². The van der Waals surface area contributed by atoms with Gasteiger partial charge in [0.2, 0.25) is 5.91 Å². The Balaban J connectivity index is 1.52. The molecule has 0 bridgehead atoms. The van der Waals surface area contributed by atoms with Crippen LogP contribution in [0.4, 0.5) is 4.39 Å². The fourth-order valence-corrected chi connectivity index (χ4v) is 4.90. The van der Waals surface area contributed by atoms with Crippen molar-refractivity contribution in [2.75, 3.05) is 46.3 Å². The van der Waals surface area contributed by atoms with Gasteiger partial charge in [0.1, 0.15) is 11.5 Å². The van der Waals surface area contributed by atoms with Crippen molar-refractivity contribution in [3.05, 3.63) is 57.3 Å². The van der Waals surface area contributed by atoms with E-state index in [2.05, 4.69) is 27.3 Å². The molecule has 1 aliphatic heterocycles. The third-order valence-electron chi connectivity index (χ3n) is 6.94. The predicted octanol–water partition coefficient (Wildman–Crippen LogP) is 2.26. The first-order valence-corrected chi connectivity index (χ1v) is 12.3. The molecule has 1 fully saturated rings. The molecule has 1 saturated heterocycles. The van der Waals surface area contributed by atoms with E-state index in [0.717, 1.165) is 49.4 Å². The molecule has 8 nitrogen and oxygen atoms in total.